The van der Waals surface area contributed by atoms with Gasteiger partial charge in [0.25, 0.3) is 5.91 Å². The Labute approximate surface area is 271 Å². The second-order valence-corrected chi connectivity index (χ2v) is 13.0. The second-order valence-electron chi connectivity index (χ2n) is 11.4. The van der Waals surface area contributed by atoms with Crippen LogP contribution in [0.3, 0.4) is 0 Å². The molecule has 0 aliphatic rings. The van der Waals surface area contributed by atoms with Crippen molar-refractivity contribution in [2.45, 2.75) is 62.7 Å². The van der Waals surface area contributed by atoms with Crippen molar-refractivity contribution in [3.63, 3.8) is 0 Å². The highest BCUT2D eigenvalue weighted by Crippen LogP contribution is 2.43. The van der Waals surface area contributed by atoms with Gasteiger partial charge in [-0.2, -0.15) is 0 Å². The van der Waals surface area contributed by atoms with Crippen LogP contribution >= 0.6 is 0 Å². The number of amides is 1. The molecule has 2 atom stereocenters. The van der Waals surface area contributed by atoms with Gasteiger partial charge in [-0.25, -0.2) is 22.3 Å². The molecule has 0 unspecified atom stereocenters. The number of sulfonamides is 1. The summed E-state index contributed by atoms with van der Waals surface area (Å²) in [5, 5.41) is 29.2. The smallest absolute Gasteiger partial charge is 0.308 e. The van der Waals surface area contributed by atoms with Crippen molar-refractivity contribution in [2.24, 2.45) is 5.14 Å². The molecule has 47 heavy (non-hydrogen) atoms. The molecule has 5 N–H and O–H groups in total. The maximum atomic E-state index is 14.2. The first-order chi connectivity index (χ1) is 22.2. The molecule has 0 spiro atoms. The maximum Gasteiger partial charge on any atom is 0.308 e. The average Bonchev–Trinajstić information content (AvgIpc) is 3.36. The lowest BCUT2D eigenvalue weighted by Crippen LogP contribution is -2.23. The monoisotopic (exact) mass is 669 g/mol. The number of halogens is 2. The first-order valence-electron chi connectivity index (χ1n) is 14.9. The molecule has 0 radical (unpaired) electrons. The topological polar surface area (TPSA) is 161 Å². The van der Waals surface area contributed by atoms with E-state index in [9.17, 15) is 37.0 Å². The van der Waals surface area contributed by atoms with Gasteiger partial charge in [0.05, 0.1) is 30.6 Å². The normalized spacial score (nSPS) is 13.0. The number of aliphatic hydroxyl groups is 2. The Morgan fingerprint density at radius 1 is 0.872 bits per heavy atom. The largest absolute Gasteiger partial charge is 0.469 e. The number of nitrogens with two attached hydrogens (primary N) is 1. The van der Waals surface area contributed by atoms with Crippen LogP contribution in [0.2, 0.25) is 0 Å². The van der Waals surface area contributed by atoms with Gasteiger partial charge in [-0.15, -0.1) is 0 Å². The summed E-state index contributed by atoms with van der Waals surface area (Å²) in [4.78, 5) is 25.7. The second kappa shape index (κ2) is 15.0. The van der Waals surface area contributed by atoms with Gasteiger partial charge in [-0.3, -0.25) is 9.59 Å². The Kier molecular flexibility index (Phi) is 11.3. The fourth-order valence-corrected chi connectivity index (χ4v) is 6.03. The number of carbonyl (C=O) groups excluding carboxylic acids is 2. The summed E-state index contributed by atoms with van der Waals surface area (Å²) in [5.41, 5.74) is 3.13. The Balaban J connectivity index is 1.88. The van der Waals surface area contributed by atoms with E-state index in [1.807, 2.05) is 13.8 Å². The molecule has 1 aromatic heterocycles. The molecule has 0 aliphatic carbocycles. The quantitative estimate of drug-likeness (QED) is 0.143. The maximum absolute atomic E-state index is 14.2. The number of rotatable bonds is 13. The van der Waals surface area contributed by atoms with Crippen LogP contribution in [0, 0.1) is 11.6 Å². The Bertz CT molecular complexity index is 1820. The number of benzene rings is 3. The van der Waals surface area contributed by atoms with Crippen LogP contribution in [0.25, 0.3) is 22.3 Å². The van der Waals surface area contributed by atoms with Crippen molar-refractivity contribution >= 4 is 27.6 Å². The summed E-state index contributed by atoms with van der Waals surface area (Å²) in [6.45, 7) is 3.72. The van der Waals surface area contributed by atoms with Crippen molar-refractivity contribution in [1.29, 1.82) is 0 Å². The molecule has 4 rings (SSSR count). The SMILES string of the molecule is COC(=O)C[C@H](O)C[C@H](O)CCc1c(-c2ccc(F)cc2)c(-c2ccc(F)cc2)c(C(=O)Nc2ccc(S(N)(=O)=O)cc2)n1C(C)C. The lowest BCUT2D eigenvalue weighted by atomic mass is 9.92. The zero-order valence-corrected chi connectivity index (χ0v) is 26.9. The van der Waals surface area contributed by atoms with Crippen LogP contribution in [0.5, 0.6) is 0 Å². The average molecular weight is 670 g/mol. The molecule has 3 aromatic carbocycles. The van der Waals surface area contributed by atoms with E-state index in [0.717, 1.165) is 0 Å². The number of aromatic nitrogens is 1. The number of primary sulfonamides is 1. The van der Waals surface area contributed by atoms with Crippen molar-refractivity contribution in [3.8, 4) is 22.3 Å². The Hall–Kier alpha value is -4.43. The minimum Gasteiger partial charge on any atom is -0.469 e. The molecular formula is C34H37F2N3O7S. The van der Waals surface area contributed by atoms with Gasteiger partial charge in [-0.05, 0) is 92.8 Å². The first-order valence-corrected chi connectivity index (χ1v) is 16.4. The number of anilines is 1. The van der Waals surface area contributed by atoms with Crippen molar-refractivity contribution < 1.29 is 41.7 Å². The van der Waals surface area contributed by atoms with Crippen LogP contribution in [0.15, 0.2) is 77.7 Å². The van der Waals surface area contributed by atoms with Crippen LogP contribution in [-0.4, -0.2) is 54.4 Å². The Morgan fingerprint density at radius 2 is 1.40 bits per heavy atom. The third kappa shape index (κ3) is 8.69. The van der Waals surface area contributed by atoms with E-state index in [2.05, 4.69) is 10.1 Å². The summed E-state index contributed by atoms with van der Waals surface area (Å²) in [6, 6.07) is 16.3. The third-order valence-corrected chi connectivity index (χ3v) is 8.56. The zero-order chi connectivity index (χ0) is 34.5. The molecule has 1 heterocycles. The van der Waals surface area contributed by atoms with E-state index in [0.29, 0.717) is 27.9 Å². The summed E-state index contributed by atoms with van der Waals surface area (Å²) in [7, 11) is -2.76. The molecule has 10 nitrogen and oxygen atoms in total. The number of carbonyl (C=O) groups is 2. The van der Waals surface area contributed by atoms with E-state index in [4.69, 9.17) is 5.14 Å². The lowest BCUT2D eigenvalue weighted by molar-refractivity contribution is -0.143. The Morgan fingerprint density at radius 3 is 1.89 bits per heavy atom. The molecule has 0 aliphatic heterocycles. The van der Waals surface area contributed by atoms with Crippen LogP contribution in [0.4, 0.5) is 14.5 Å². The first kappa shape index (κ1) is 35.4. The number of hydrogen-bond acceptors (Lipinski definition) is 7. The number of methoxy groups -OCH3 is 1. The predicted molar refractivity (Wildman–Crippen MR) is 173 cm³/mol. The van der Waals surface area contributed by atoms with Gasteiger partial charge in [0.15, 0.2) is 0 Å². The van der Waals surface area contributed by atoms with Crippen molar-refractivity contribution in [2.75, 3.05) is 12.4 Å². The molecule has 13 heteroatoms. The number of esters is 1. The van der Waals surface area contributed by atoms with Crippen LogP contribution < -0.4 is 10.5 Å². The van der Waals surface area contributed by atoms with Gasteiger partial charge >= 0.3 is 5.97 Å². The number of aliphatic hydroxyl groups excluding tert-OH is 2. The molecule has 4 aromatic rings. The van der Waals surface area contributed by atoms with Gasteiger partial charge in [0.1, 0.15) is 17.3 Å². The van der Waals surface area contributed by atoms with Crippen LogP contribution in [0.1, 0.15) is 55.3 Å². The highest BCUT2D eigenvalue weighted by molar-refractivity contribution is 7.89. The fourth-order valence-electron chi connectivity index (χ4n) is 5.51. The number of hydrogen-bond donors (Lipinski definition) is 4. The van der Waals surface area contributed by atoms with Gasteiger partial charge in [0.2, 0.25) is 10.0 Å². The summed E-state index contributed by atoms with van der Waals surface area (Å²) in [6.07, 6.45) is -2.23. The minimum absolute atomic E-state index is 0.101. The van der Waals surface area contributed by atoms with E-state index >= 15 is 0 Å². The van der Waals surface area contributed by atoms with Gasteiger partial charge in [-0.1, -0.05) is 24.3 Å². The molecule has 0 fully saturated rings. The van der Waals surface area contributed by atoms with Gasteiger partial charge < -0.3 is 24.8 Å². The number of ether oxygens (including phenoxy) is 1. The van der Waals surface area contributed by atoms with E-state index in [1.54, 1.807) is 16.7 Å². The van der Waals surface area contributed by atoms with Crippen LogP contribution in [-0.2, 0) is 26.0 Å². The number of nitrogens with one attached hydrogen (secondary N) is 1. The fraction of sp³-hybridized carbons (Fsp3) is 0.294. The molecule has 1 amide bonds. The van der Waals surface area contributed by atoms with E-state index in [1.165, 1.54) is 67.8 Å². The highest BCUT2D eigenvalue weighted by Gasteiger charge is 2.31. The summed E-state index contributed by atoms with van der Waals surface area (Å²) >= 11 is 0. The summed E-state index contributed by atoms with van der Waals surface area (Å²) < 4.78 is 58.1. The molecule has 0 saturated heterocycles. The zero-order valence-electron chi connectivity index (χ0n) is 26.1. The lowest BCUT2D eigenvalue weighted by Gasteiger charge is -2.20. The number of nitrogens with zero attached hydrogens (tertiary/aromatic N) is 1. The van der Waals surface area contributed by atoms with Crippen molar-refractivity contribution in [3.05, 3.63) is 95.8 Å². The third-order valence-electron chi connectivity index (χ3n) is 7.63. The predicted octanol–water partition coefficient (Wildman–Crippen LogP) is 5.19. The van der Waals surface area contributed by atoms with Gasteiger partial charge in [0, 0.05) is 28.6 Å². The van der Waals surface area contributed by atoms with E-state index < -0.39 is 45.7 Å². The highest BCUT2D eigenvalue weighted by atomic mass is 32.2. The molecule has 0 bridgehead atoms. The molecular weight excluding hydrogens is 632 g/mol. The molecule has 0 saturated carbocycles. The standard InChI is InChI=1S/C34H37F2N3O7S/c1-20(2)39-29(17-14-26(40)18-27(41)19-30(42)46-3)31(21-4-8-23(35)9-5-21)32(22-6-10-24(36)11-7-22)33(39)34(43)38-25-12-15-28(16-13-25)47(37,44)45/h4-13,15-16,20,26-27,40-41H,14,17-19H2,1-3H3,(H,38,43)(H2,37,44,45)/t26-,27-/m1/s1. The minimum atomic E-state index is -3.96. The summed E-state index contributed by atoms with van der Waals surface area (Å²) in [5.74, 6) is -2.14. The van der Waals surface area contributed by atoms with E-state index in [-0.39, 0.29) is 48.0 Å². The molecule has 250 valence electrons. The van der Waals surface area contributed by atoms with Crippen molar-refractivity contribution in [1.82, 2.24) is 4.57 Å².